The predicted octanol–water partition coefficient (Wildman–Crippen LogP) is 7.58. The van der Waals surface area contributed by atoms with Crippen LogP contribution in [0.3, 0.4) is 0 Å². The number of aromatic nitrogens is 4. The summed E-state index contributed by atoms with van der Waals surface area (Å²) >= 11 is 0. The Labute approximate surface area is 270 Å². The molecule has 2 aromatic carbocycles. The number of benzene rings is 2. The van der Waals surface area contributed by atoms with Crippen molar-refractivity contribution >= 4 is 19.9 Å². The van der Waals surface area contributed by atoms with E-state index in [0.717, 1.165) is 16.7 Å². The summed E-state index contributed by atoms with van der Waals surface area (Å²) in [5.41, 5.74) is -0.00470. The first-order valence-corrected chi connectivity index (χ1v) is 17.7. The highest BCUT2D eigenvalue weighted by molar-refractivity contribution is 6.74. The Bertz CT molecular complexity index is 1970. The molecule has 1 amide bonds. The van der Waals surface area contributed by atoms with Crippen LogP contribution in [0.5, 0.6) is 11.5 Å². The van der Waals surface area contributed by atoms with Gasteiger partial charge in [-0.05, 0) is 60.6 Å². The fourth-order valence-corrected chi connectivity index (χ4v) is 5.39. The van der Waals surface area contributed by atoms with E-state index in [2.05, 4.69) is 49.3 Å². The molecule has 0 atom stereocenters. The van der Waals surface area contributed by atoms with Gasteiger partial charge in [0.05, 0.1) is 30.7 Å². The van der Waals surface area contributed by atoms with Gasteiger partial charge < -0.3 is 14.5 Å². The Kier molecular flexibility index (Phi) is 9.49. The number of rotatable bonds is 10. The Morgan fingerprint density at radius 1 is 1.00 bits per heavy atom. The van der Waals surface area contributed by atoms with Crippen LogP contribution in [-0.4, -0.2) is 40.2 Å². The van der Waals surface area contributed by atoms with Gasteiger partial charge in [-0.15, -0.1) is 0 Å². The minimum Gasteiger partial charge on any atom is -0.454 e. The lowest BCUT2D eigenvalue weighted by Gasteiger charge is -2.36. The number of pyridine rings is 2. The van der Waals surface area contributed by atoms with Crippen LogP contribution in [-0.2, 0) is 11.0 Å². The summed E-state index contributed by atoms with van der Waals surface area (Å²) in [5.74, 6) is -3.61. The van der Waals surface area contributed by atoms with E-state index in [0.29, 0.717) is 30.1 Å². The first-order chi connectivity index (χ1) is 22.2. The second-order valence-corrected chi connectivity index (χ2v) is 17.2. The zero-order valence-corrected chi connectivity index (χ0v) is 27.6. The second-order valence-electron chi connectivity index (χ2n) is 12.4. The van der Waals surface area contributed by atoms with Crippen molar-refractivity contribution in [1.29, 1.82) is 0 Å². The van der Waals surface area contributed by atoms with Gasteiger partial charge in [0, 0.05) is 48.0 Å². The molecule has 13 heteroatoms. The van der Waals surface area contributed by atoms with Crippen LogP contribution in [0.1, 0.15) is 31.1 Å². The number of halogens is 3. The van der Waals surface area contributed by atoms with Crippen molar-refractivity contribution < 1.29 is 27.1 Å². The van der Waals surface area contributed by atoms with Gasteiger partial charge in [0.1, 0.15) is 17.1 Å². The molecule has 0 saturated carbocycles. The zero-order valence-electron chi connectivity index (χ0n) is 26.6. The third kappa shape index (κ3) is 7.69. The van der Waals surface area contributed by atoms with Crippen LogP contribution in [0, 0.1) is 17.5 Å². The maximum atomic E-state index is 15.1. The molecule has 47 heavy (non-hydrogen) atoms. The van der Waals surface area contributed by atoms with Crippen LogP contribution in [0.15, 0.2) is 90.2 Å². The average molecular weight is 662 g/mol. The van der Waals surface area contributed by atoms with Gasteiger partial charge in [0.25, 0.3) is 11.5 Å². The molecule has 0 unspecified atom stereocenters. The van der Waals surface area contributed by atoms with Crippen molar-refractivity contribution in [1.82, 2.24) is 19.3 Å². The number of carbonyl (C=O) groups excluding carboxylic acids is 1. The van der Waals surface area contributed by atoms with Crippen molar-refractivity contribution in [3.63, 3.8) is 0 Å². The van der Waals surface area contributed by atoms with E-state index in [1.165, 1.54) is 54.9 Å². The fourth-order valence-electron chi connectivity index (χ4n) is 4.35. The summed E-state index contributed by atoms with van der Waals surface area (Å²) in [7, 11) is -1.89. The molecule has 0 aliphatic rings. The van der Waals surface area contributed by atoms with E-state index in [1.54, 1.807) is 16.9 Å². The van der Waals surface area contributed by atoms with E-state index in [9.17, 15) is 14.0 Å². The number of nitrogens with zero attached hydrogens (tertiary/aromatic N) is 4. The molecule has 0 aliphatic carbocycles. The molecule has 244 valence electrons. The highest BCUT2D eigenvalue weighted by atomic mass is 28.4. The van der Waals surface area contributed by atoms with Gasteiger partial charge >= 0.3 is 0 Å². The summed E-state index contributed by atoms with van der Waals surface area (Å²) < 4.78 is 58.2. The third-order valence-electron chi connectivity index (χ3n) is 8.04. The molecule has 0 saturated heterocycles. The molecule has 0 aliphatic heterocycles. The Morgan fingerprint density at radius 3 is 2.47 bits per heavy atom. The number of nitrogens with one attached hydrogen (secondary N) is 1. The smallest absolute Gasteiger partial charge is 0.267 e. The number of ether oxygens (including phenoxy) is 1. The van der Waals surface area contributed by atoms with E-state index in [1.807, 2.05) is 6.20 Å². The van der Waals surface area contributed by atoms with Gasteiger partial charge in [-0.25, -0.2) is 13.2 Å². The number of carbonyl (C=O) groups is 1. The van der Waals surface area contributed by atoms with Gasteiger partial charge in [-0.2, -0.15) is 5.10 Å². The van der Waals surface area contributed by atoms with Crippen LogP contribution in [0.25, 0.3) is 16.9 Å². The lowest BCUT2D eigenvalue weighted by atomic mass is 10.2. The van der Waals surface area contributed by atoms with Crippen LogP contribution < -0.4 is 15.6 Å². The predicted molar refractivity (Wildman–Crippen MR) is 175 cm³/mol. The zero-order chi connectivity index (χ0) is 33.9. The first kappa shape index (κ1) is 33.4. The van der Waals surface area contributed by atoms with Crippen molar-refractivity contribution in [3.8, 4) is 28.4 Å². The molecule has 0 radical (unpaired) electrons. The minimum absolute atomic E-state index is 0.101. The summed E-state index contributed by atoms with van der Waals surface area (Å²) in [6, 6.07) is 12.4. The average Bonchev–Trinajstić information content (AvgIpc) is 3.49. The molecule has 0 fully saturated rings. The highest BCUT2D eigenvalue weighted by Gasteiger charge is 2.36. The molecular weight excluding hydrogens is 627 g/mol. The van der Waals surface area contributed by atoms with Gasteiger partial charge in [0.15, 0.2) is 25.7 Å². The SMILES string of the molecule is CC(C)(C)[Si](C)(C)OCCn1cc(-c2cc(Oc3cc(F)c(NC(=O)c4cccn(-c5ccc(F)cc5)c4=O)cc3F)ccn2)cn1. The van der Waals surface area contributed by atoms with E-state index in [-0.39, 0.29) is 16.4 Å². The van der Waals surface area contributed by atoms with Gasteiger partial charge in [-0.1, -0.05) is 20.8 Å². The van der Waals surface area contributed by atoms with E-state index >= 15 is 8.78 Å². The number of amides is 1. The molecule has 3 heterocycles. The largest absolute Gasteiger partial charge is 0.454 e. The van der Waals surface area contributed by atoms with Gasteiger partial charge in [0.2, 0.25) is 0 Å². The molecule has 0 spiro atoms. The molecule has 5 aromatic rings. The number of hydrogen-bond donors (Lipinski definition) is 1. The molecule has 3 aromatic heterocycles. The van der Waals surface area contributed by atoms with Crippen LogP contribution in [0.4, 0.5) is 18.9 Å². The topological polar surface area (TPSA) is 100 Å². The summed E-state index contributed by atoms with van der Waals surface area (Å²) in [6.07, 6.45) is 6.35. The Hall–Kier alpha value is -5.01. The van der Waals surface area contributed by atoms with Crippen LogP contribution >= 0.6 is 0 Å². The normalized spacial score (nSPS) is 11.8. The van der Waals surface area contributed by atoms with Crippen LogP contribution in [0.2, 0.25) is 18.1 Å². The van der Waals surface area contributed by atoms with Crippen molar-refractivity contribution in [3.05, 3.63) is 119 Å². The summed E-state index contributed by atoms with van der Waals surface area (Å²) in [6.45, 7) is 12.0. The molecule has 1 N–H and O–H groups in total. The number of hydrogen-bond acceptors (Lipinski definition) is 6. The Balaban J connectivity index is 1.26. The van der Waals surface area contributed by atoms with Crippen molar-refractivity contribution in [2.45, 2.75) is 45.4 Å². The van der Waals surface area contributed by atoms with Gasteiger partial charge in [-0.3, -0.25) is 23.8 Å². The lowest BCUT2D eigenvalue weighted by Crippen LogP contribution is -2.41. The third-order valence-corrected chi connectivity index (χ3v) is 12.6. The maximum Gasteiger partial charge on any atom is 0.267 e. The molecule has 5 rings (SSSR count). The lowest BCUT2D eigenvalue weighted by molar-refractivity contribution is 0.102. The highest BCUT2D eigenvalue weighted by Crippen LogP contribution is 2.36. The summed E-state index contributed by atoms with van der Waals surface area (Å²) in [4.78, 5) is 30.2. The quantitative estimate of drug-likeness (QED) is 0.155. The number of anilines is 1. The molecule has 9 nitrogen and oxygen atoms in total. The standard InChI is InChI=1S/C34H34F3N5O4Si/c1-34(2,3)47(4,5)45-16-15-41-21-22(20-39-41)29-17-25(12-13-38-29)46-31-19-27(36)30(18-28(31)37)40-32(43)26-7-6-14-42(33(26)44)24-10-8-23(35)9-11-24/h6-14,17-21H,15-16H2,1-5H3,(H,40,43). The first-order valence-electron chi connectivity index (χ1n) is 14.8. The summed E-state index contributed by atoms with van der Waals surface area (Å²) in [5, 5.41) is 6.73. The van der Waals surface area contributed by atoms with Crippen molar-refractivity contribution in [2.75, 3.05) is 11.9 Å². The van der Waals surface area contributed by atoms with E-state index < -0.39 is 48.7 Å². The fraction of sp³-hybridized carbons (Fsp3) is 0.235. The Morgan fingerprint density at radius 2 is 1.74 bits per heavy atom. The molecular formula is C34H34F3N5O4Si. The van der Waals surface area contributed by atoms with Crippen molar-refractivity contribution in [2.24, 2.45) is 0 Å². The maximum absolute atomic E-state index is 15.1. The molecule has 0 bridgehead atoms. The monoisotopic (exact) mass is 661 g/mol. The minimum atomic E-state index is -1.89. The van der Waals surface area contributed by atoms with E-state index in [4.69, 9.17) is 9.16 Å². The second kappa shape index (κ2) is 13.4.